The number of aromatic nitrogens is 4. The van der Waals surface area contributed by atoms with E-state index in [0.717, 1.165) is 42.8 Å². The van der Waals surface area contributed by atoms with E-state index in [1.54, 1.807) is 19.1 Å². The van der Waals surface area contributed by atoms with Gasteiger partial charge in [-0.15, -0.1) is 10.2 Å². The molecule has 2 aromatic heterocycles. The molecular weight excluding hydrogens is 406 g/mol. The Hall–Kier alpha value is -2.72. The average molecular weight is 430 g/mol. The van der Waals surface area contributed by atoms with E-state index in [2.05, 4.69) is 10.2 Å². The number of amides is 1. The molecule has 0 bridgehead atoms. The summed E-state index contributed by atoms with van der Waals surface area (Å²) in [6.45, 7) is 1.90. The maximum Gasteiger partial charge on any atom is 0.298 e. The minimum absolute atomic E-state index is 0.0225. The molecule has 1 aromatic carbocycles. The molecule has 158 valence electrons. The van der Waals surface area contributed by atoms with Crippen LogP contribution in [0.5, 0.6) is 11.5 Å². The zero-order chi connectivity index (χ0) is 20.7. The summed E-state index contributed by atoms with van der Waals surface area (Å²) in [6.07, 6.45) is 3.72. The monoisotopic (exact) mass is 429 g/mol. The van der Waals surface area contributed by atoms with E-state index in [-0.39, 0.29) is 12.0 Å². The van der Waals surface area contributed by atoms with E-state index < -0.39 is 0 Å². The number of ether oxygens (including phenoxy) is 3. The Balaban J connectivity index is 1.58. The lowest BCUT2D eigenvalue weighted by Crippen LogP contribution is -2.38. The van der Waals surface area contributed by atoms with Gasteiger partial charge in [-0.05, 0) is 31.4 Å². The summed E-state index contributed by atoms with van der Waals surface area (Å²) in [5.41, 5.74) is 0.675. The van der Waals surface area contributed by atoms with Crippen LogP contribution in [-0.4, -0.2) is 59.1 Å². The lowest BCUT2D eigenvalue weighted by molar-refractivity contribution is 0.0905. The second-order valence-electron chi connectivity index (χ2n) is 7.39. The van der Waals surface area contributed by atoms with E-state index >= 15 is 0 Å². The van der Waals surface area contributed by atoms with Crippen molar-refractivity contribution in [3.05, 3.63) is 23.8 Å². The van der Waals surface area contributed by atoms with Crippen molar-refractivity contribution in [2.75, 3.05) is 32.3 Å². The Labute approximate surface area is 177 Å². The van der Waals surface area contributed by atoms with Gasteiger partial charge in [0.05, 0.1) is 26.9 Å². The van der Waals surface area contributed by atoms with Crippen LogP contribution in [-0.2, 0) is 17.7 Å². The minimum Gasteiger partial charge on any atom is -0.495 e. The predicted molar refractivity (Wildman–Crippen MR) is 112 cm³/mol. The molecule has 5 rings (SSSR count). The highest BCUT2D eigenvalue weighted by molar-refractivity contribution is 7.22. The van der Waals surface area contributed by atoms with E-state index in [1.165, 1.54) is 11.3 Å². The normalized spacial score (nSPS) is 18.0. The SMILES string of the molecule is COc1ccc(OC)c2sc(N(CC3CCCO3)C(=O)c3nnc4n3CCC4)nc12. The fourth-order valence-electron chi connectivity index (χ4n) is 4.06. The summed E-state index contributed by atoms with van der Waals surface area (Å²) < 4.78 is 19.6. The summed E-state index contributed by atoms with van der Waals surface area (Å²) in [6, 6.07) is 3.67. The van der Waals surface area contributed by atoms with Gasteiger partial charge in [0.15, 0.2) is 5.13 Å². The Morgan fingerprint density at radius 3 is 2.87 bits per heavy atom. The van der Waals surface area contributed by atoms with Crippen molar-refractivity contribution in [2.24, 2.45) is 0 Å². The lowest BCUT2D eigenvalue weighted by atomic mass is 10.2. The molecule has 10 heteroatoms. The first-order valence-electron chi connectivity index (χ1n) is 10.1. The van der Waals surface area contributed by atoms with Crippen molar-refractivity contribution < 1.29 is 19.0 Å². The number of methoxy groups -OCH3 is 2. The molecule has 1 fully saturated rings. The first-order valence-corrected chi connectivity index (χ1v) is 10.9. The van der Waals surface area contributed by atoms with Gasteiger partial charge in [-0.25, -0.2) is 4.98 Å². The predicted octanol–water partition coefficient (Wildman–Crippen LogP) is 2.68. The molecule has 2 aliphatic rings. The third-order valence-corrected chi connectivity index (χ3v) is 6.68. The molecule has 3 aromatic rings. The molecule has 30 heavy (non-hydrogen) atoms. The van der Waals surface area contributed by atoms with Crippen molar-refractivity contribution in [1.29, 1.82) is 0 Å². The molecule has 1 atom stereocenters. The van der Waals surface area contributed by atoms with Gasteiger partial charge in [-0.3, -0.25) is 9.69 Å². The van der Waals surface area contributed by atoms with Crippen LogP contribution in [0, 0.1) is 0 Å². The fourth-order valence-corrected chi connectivity index (χ4v) is 5.14. The highest BCUT2D eigenvalue weighted by Gasteiger charge is 2.32. The van der Waals surface area contributed by atoms with Gasteiger partial charge < -0.3 is 18.8 Å². The summed E-state index contributed by atoms with van der Waals surface area (Å²) in [5, 5.41) is 8.96. The second kappa shape index (κ2) is 7.84. The molecule has 4 heterocycles. The van der Waals surface area contributed by atoms with Gasteiger partial charge in [0, 0.05) is 19.6 Å². The number of aryl methyl sites for hydroxylation is 1. The molecule has 9 nitrogen and oxygen atoms in total. The number of benzene rings is 1. The van der Waals surface area contributed by atoms with Crippen LogP contribution < -0.4 is 14.4 Å². The van der Waals surface area contributed by atoms with E-state index in [1.807, 2.05) is 16.7 Å². The molecule has 0 spiro atoms. The third-order valence-electron chi connectivity index (χ3n) is 5.59. The molecule has 0 saturated carbocycles. The fraction of sp³-hybridized carbons (Fsp3) is 0.500. The summed E-state index contributed by atoms with van der Waals surface area (Å²) in [4.78, 5) is 20.0. The Morgan fingerprint density at radius 2 is 2.10 bits per heavy atom. The van der Waals surface area contributed by atoms with E-state index in [4.69, 9.17) is 19.2 Å². The quantitative estimate of drug-likeness (QED) is 0.595. The number of rotatable bonds is 6. The van der Waals surface area contributed by atoms with Crippen LogP contribution >= 0.6 is 11.3 Å². The zero-order valence-corrected chi connectivity index (χ0v) is 17.8. The molecule has 0 aliphatic carbocycles. The number of carbonyl (C=O) groups is 1. The molecule has 1 unspecified atom stereocenters. The largest absolute Gasteiger partial charge is 0.495 e. The minimum atomic E-state index is -0.205. The van der Waals surface area contributed by atoms with Gasteiger partial charge >= 0.3 is 0 Å². The number of fused-ring (bicyclic) bond motifs is 2. The van der Waals surface area contributed by atoms with Crippen molar-refractivity contribution in [3.63, 3.8) is 0 Å². The van der Waals surface area contributed by atoms with Gasteiger partial charge in [0.2, 0.25) is 5.82 Å². The van der Waals surface area contributed by atoms with Crippen molar-refractivity contribution in [3.8, 4) is 11.5 Å². The van der Waals surface area contributed by atoms with Crippen molar-refractivity contribution in [1.82, 2.24) is 19.7 Å². The number of hydrogen-bond acceptors (Lipinski definition) is 8. The number of carbonyl (C=O) groups excluding carboxylic acids is 1. The number of thiazole rings is 1. The van der Waals surface area contributed by atoms with Crippen molar-refractivity contribution >= 4 is 32.6 Å². The molecule has 0 radical (unpaired) electrons. The van der Waals surface area contributed by atoms with Crippen LogP contribution in [0.2, 0.25) is 0 Å². The molecule has 2 aliphatic heterocycles. The van der Waals surface area contributed by atoms with Crippen LogP contribution in [0.25, 0.3) is 10.2 Å². The summed E-state index contributed by atoms with van der Waals surface area (Å²) in [5.74, 6) is 2.36. The van der Waals surface area contributed by atoms with E-state index in [0.29, 0.717) is 41.1 Å². The molecular formula is C20H23N5O4S. The molecule has 1 amide bonds. The van der Waals surface area contributed by atoms with Gasteiger partial charge in [0.25, 0.3) is 5.91 Å². The van der Waals surface area contributed by atoms with Gasteiger partial charge in [0.1, 0.15) is 27.5 Å². The number of hydrogen-bond donors (Lipinski definition) is 0. The highest BCUT2D eigenvalue weighted by atomic mass is 32.1. The molecule has 0 N–H and O–H groups in total. The number of nitrogens with zero attached hydrogens (tertiary/aromatic N) is 5. The second-order valence-corrected chi connectivity index (χ2v) is 8.37. The third kappa shape index (κ3) is 3.20. The van der Waals surface area contributed by atoms with Crippen LogP contribution in [0.1, 0.15) is 35.7 Å². The average Bonchev–Trinajstić information content (AvgIpc) is 3.54. The first-order chi connectivity index (χ1) is 14.7. The van der Waals surface area contributed by atoms with E-state index in [9.17, 15) is 4.79 Å². The Morgan fingerprint density at radius 1 is 1.27 bits per heavy atom. The Bertz CT molecular complexity index is 1050. The summed E-state index contributed by atoms with van der Waals surface area (Å²) in [7, 11) is 3.23. The standard InChI is InChI=1S/C20H23N5O4S/c1-27-13-7-8-14(28-2)17-16(13)21-20(30-17)25(11-12-5-4-10-29-12)19(26)18-23-22-15-6-3-9-24(15)18/h7-8,12H,3-6,9-11H2,1-2H3. The Kier molecular flexibility index (Phi) is 5.03. The van der Waals surface area contributed by atoms with Crippen LogP contribution in [0.15, 0.2) is 12.1 Å². The smallest absolute Gasteiger partial charge is 0.298 e. The topological polar surface area (TPSA) is 91.6 Å². The van der Waals surface area contributed by atoms with Crippen molar-refractivity contribution in [2.45, 2.75) is 38.3 Å². The van der Waals surface area contributed by atoms with Gasteiger partial charge in [-0.2, -0.15) is 0 Å². The maximum absolute atomic E-state index is 13.6. The summed E-state index contributed by atoms with van der Waals surface area (Å²) >= 11 is 1.40. The first kappa shape index (κ1) is 19.3. The number of anilines is 1. The zero-order valence-electron chi connectivity index (χ0n) is 17.0. The van der Waals surface area contributed by atoms with Gasteiger partial charge in [-0.1, -0.05) is 11.3 Å². The maximum atomic E-state index is 13.6. The highest BCUT2D eigenvalue weighted by Crippen LogP contribution is 2.40. The molecule has 1 saturated heterocycles. The van der Waals surface area contributed by atoms with Crippen LogP contribution in [0.3, 0.4) is 0 Å². The van der Waals surface area contributed by atoms with Crippen LogP contribution in [0.4, 0.5) is 5.13 Å². The lowest BCUT2D eigenvalue weighted by Gasteiger charge is -2.22.